The van der Waals surface area contributed by atoms with Crippen LogP contribution in [0.3, 0.4) is 0 Å². The molecule has 0 bridgehead atoms. The quantitative estimate of drug-likeness (QED) is 0.868. The highest BCUT2D eigenvalue weighted by Crippen LogP contribution is 2.27. The van der Waals surface area contributed by atoms with Crippen molar-refractivity contribution >= 4 is 16.0 Å². The van der Waals surface area contributed by atoms with Crippen molar-refractivity contribution in [1.29, 1.82) is 0 Å². The Morgan fingerprint density at radius 3 is 2.67 bits per heavy atom. The number of benzene rings is 1. The highest BCUT2D eigenvalue weighted by Gasteiger charge is 2.24. The number of nitrogens with two attached hydrogens (primary N) is 1. The van der Waals surface area contributed by atoms with Crippen molar-refractivity contribution in [1.82, 2.24) is 0 Å². The van der Waals surface area contributed by atoms with Crippen LogP contribution in [0, 0.1) is 12.8 Å². The molecule has 0 aromatic heterocycles. The first-order chi connectivity index (χ1) is 9.77. The molecule has 1 aliphatic rings. The van der Waals surface area contributed by atoms with Crippen LogP contribution >= 0.6 is 0 Å². The maximum atomic E-state index is 12.3. The maximum absolute atomic E-state index is 12.3. The molecule has 1 aromatic carbocycles. The Balaban J connectivity index is 2.18. The molecule has 1 aromatic rings. The zero-order valence-corrected chi connectivity index (χ0v) is 13.2. The minimum Gasteiger partial charge on any atom is -0.459 e. The van der Waals surface area contributed by atoms with E-state index in [-0.39, 0.29) is 16.6 Å². The Morgan fingerprint density at radius 1 is 1.33 bits per heavy atom. The molecule has 6 heteroatoms. The lowest BCUT2D eigenvalue weighted by atomic mass is 9.88. The molecule has 0 heterocycles. The number of hydrogen-bond acceptors (Lipinski definition) is 4. The number of carbonyl (C=O) groups excluding carboxylic acids is 1. The molecule has 21 heavy (non-hydrogen) atoms. The molecule has 1 aliphatic carbocycles. The van der Waals surface area contributed by atoms with E-state index in [4.69, 9.17) is 9.88 Å². The number of carbonyl (C=O) groups is 1. The number of sulfonamides is 1. The van der Waals surface area contributed by atoms with Crippen LogP contribution < -0.4 is 5.14 Å². The monoisotopic (exact) mass is 311 g/mol. The molecule has 0 radical (unpaired) electrons. The number of esters is 1. The molecule has 5 nitrogen and oxygen atoms in total. The smallest absolute Gasteiger partial charge is 0.338 e. The van der Waals surface area contributed by atoms with E-state index in [0.717, 1.165) is 25.7 Å². The Hall–Kier alpha value is -1.40. The predicted molar refractivity (Wildman–Crippen MR) is 79.4 cm³/mol. The largest absolute Gasteiger partial charge is 0.459 e. The summed E-state index contributed by atoms with van der Waals surface area (Å²) in [7, 11) is -3.83. The summed E-state index contributed by atoms with van der Waals surface area (Å²) in [6.45, 7) is 3.89. The Labute approximate surface area is 125 Å². The Bertz CT molecular complexity index is 639. The summed E-state index contributed by atoms with van der Waals surface area (Å²) in [5.74, 6) is 0.0745. The SMILES string of the molecule is Cc1ccc(S(N)(=O)=O)cc1C(=O)OC1CCCC(C)C1. The van der Waals surface area contributed by atoms with Gasteiger partial charge in [0.15, 0.2) is 0 Å². The van der Waals surface area contributed by atoms with E-state index in [1.54, 1.807) is 13.0 Å². The third-order valence-electron chi connectivity index (χ3n) is 3.92. The van der Waals surface area contributed by atoms with E-state index in [2.05, 4.69) is 6.92 Å². The van der Waals surface area contributed by atoms with Gasteiger partial charge in [0.1, 0.15) is 6.10 Å². The molecule has 2 rings (SSSR count). The van der Waals surface area contributed by atoms with Crippen molar-refractivity contribution in [2.75, 3.05) is 0 Å². The third kappa shape index (κ3) is 4.04. The lowest BCUT2D eigenvalue weighted by Crippen LogP contribution is -2.25. The third-order valence-corrected chi connectivity index (χ3v) is 4.83. The van der Waals surface area contributed by atoms with Crippen LogP contribution in [0.5, 0.6) is 0 Å². The average Bonchev–Trinajstić information content (AvgIpc) is 2.37. The molecule has 116 valence electrons. The van der Waals surface area contributed by atoms with Gasteiger partial charge in [-0.3, -0.25) is 0 Å². The second-order valence-corrected chi connectivity index (χ2v) is 7.38. The van der Waals surface area contributed by atoms with Crippen molar-refractivity contribution in [2.24, 2.45) is 11.1 Å². The van der Waals surface area contributed by atoms with Crippen molar-refractivity contribution < 1.29 is 17.9 Å². The van der Waals surface area contributed by atoms with Gasteiger partial charge >= 0.3 is 5.97 Å². The van der Waals surface area contributed by atoms with E-state index in [1.165, 1.54) is 12.1 Å². The van der Waals surface area contributed by atoms with Crippen LogP contribution in [-0.4, -0.2) is 20.5 Å². The number of hydrogen-bond donors (Lipinski definition) is 1. The number of ether oxygens (including phenoxy) is 1. The number of rotatable bonds is 3. The fraction of sp³-hybridized carbons (Fsp3) is 0.533. The maximum Gasteiger partial charge on any atom is 0.338 e. The van der Waals surface area contributed by atoms with Crippen LogP contribution in [0.1, 0.15) is 48.5 Å². The van der Waals surface area contributed by atoms with Gasteiger partial charge in [-0.1, -0.05) is 19.4 Å². The first-order valence-corrected chi connectivity index (χ1v) is 8.66. The molecule has 1 fully saturated rings. The number of primary sulfonamides is 1. The first-order valence-electron chi connectivity index (χ1n) is 7.12. The summed E-state index contributed by atoms with van der Waals surface area (Å²) in [4.78, 5) is 12.2. The molecule has 2 unspecified atom stereocenters. The lowest BCUT2D eigenvalue weighted by Gasteiger charge is -2.26. The fourth-order valence-corrected chi connectivity index (χ4v) is 3.24. The van der Waals surface area contributed by atoms with Gasteiger partial charge in [0.2, 0.25) is 10.0 Å². The van der Waals surface area contributed by atoms with Gasteiger partial charge in [-0.2, -0.15) is 0 Å². The Kier molecular flexibility index (Phi) is 4.68. The molecule has 0 spiro atoms. The summed E-state index contributed by atoms with van der Waals surface area (Å²) in [5, 5.41) is 5.10. The van der Waals surface area contributed by atoms with Gasteiger partial charge in [0, 0.05) is 0 Å². The van der Waals surface area contributed by atoms with Crippen LogP contribution in [0.15, 0.2) is 23.1 Å². The van der Waals surface area contributed by atoms with E-state index in [1.807, 2.05) is 0 Å². The zero-order chi connectivity index (χ0) is 15.6. The average molecular weight is 311 g/mol. The normalized spacial score (nSPS) is 22.8. The van der Waals surface area contributed by atoms with Crippen LogP contribution in [0.25, 0.3) is 0 Å². The van der Waals surface area contributed by atoms with Crippen LogP contribution in [0.2, 0.25) is 0 Å². The van der Waals surface area contributed by atoms with Gasteiger partial charge in [-0.05, 0) is 49.8 Å². The van der Waals surface area contributed by atoms with Gasteiger partial charge in [-0.15, -0.1) is 0 Å². The summed E-state index contributed by atoms with van der Waals surface area (Å²) in [5.41, 5.74) is 0.941. The minimum absolute atomic E-state index is 0.0722. The predicted octanol–water partition coefficient (Wildman–Crippen LogP) is 2.38. The Morgan fingerprint density at radius 2 is 2.05 bits per heavy atom. The summed E-state index contributed by atoms with van der Waals surface area (Å²) < 4.78 is 28.3. The topological polar surface area (TPSA) is 86.5 Å². The highest BCUT2D eigenvalue weighted by atomic mass is 32.2. The van der Waals surface area contributed by atoms with Crippen molar-refractivity contribution in [3.05, 3.63) is 29.3 Å². The van der Waals surface area contributed by atoms with Crippen molar-refractivity contribution in [3.63, 3.8) is 0 Å². The van der Waals surface area contributed by atoms with Crippen molar-refractivity contribution in [3.8, 4) is 0 Å². The molecular formula is C15H21NO4S. The first kappa shape index (κ1) is 16.0. The fourth-order valence-electron chi connectivity index (χ4n) is 2.70. The summed E-state index contributed by atoms with van der Waals surface area (Å²) in [6.07, 6.45) is 3.85. The second-order valence-electron chi connectivity index (χ2n) is 5.82. The van der Waals surface area contributed by atoms with Gasteiger partial charge in [-0.25, -0.2) is 18.4 Å². The van der Waals surface area contributed by atoms with E-state index < -0.39 is 16.0 Å². The van der Waals surface area contributed by atoms with Gasteiger partial charge in [0.25, 0.3) is 0 Å². The summed E-state index contributed by atoms with van der Waals surface area (Å²) in [6, 6.07) is 4.25. The molecular weight excluding hydrogens is 290 g/mol. The van der Waals surface area contributed by atoms with E-state index in [0.29, 0.717) is 11.5 Å². The molecule has 0 saturated heterocycles. The van der Waals surface area contributed by atoms with E-state index >= 15 is 0 Å². The number of aryl methyl sites for hydroxylation is 1. The lowest BCUT2D eigenvalue weighted by molar-refractivity contribution is 0.0154. The van der Waals surface area contributed by atoms with Gasteiger partial charge in [0.05, 0.1) is 10.5 Å². The zero-order valence-electron chi connectivity index (χ0n) is 12.3. The van der Waals surface area contributed by atoms with Crippen LogP contribution in [0.4, 0.5) is 0 Å². The van der Waals surface area contributed by atoms with Crippen LogP contribution in [-0.2, 0) is 14.8 Å². The molecule has 0 aliphatic heterocycles. The molecule has 2 atom stereocenters. The molecule has 2 N–H and O–H groups in total. The minimum atomic E-state index is -3.83. The highest BCUT2D eigenvalue weighted by molar-refractivity contribution is 7.89. The molecule has 1 saturated carbocycles. The van der Waals surface area contributed by atoms with E-state index in [9.17, 15) is 13.2 Å². The molecule has 0 amide bonds. The standard InChI is InChI=1S/C15H21NO4S/c1-10-4-3-5-12(8-10)20-15(17)14-9-13(21(16,18)19)7-6-11(14)2/h6-7,9-10,12H,3-5,8H2,1-2H3,(H2,16,18,19). The summed E-state index contributed by atoms with van der Waals surface area (Å²) >= 11 is 0. The van der Waals surface area contributed by atoms with Crippen molar-refractivity contribution in [2.45, 2.75) is 50.5 Å². The second kappa shape index (κ2) is 6.15. The van der Waals surface area contributed by atoms with Gasteiger partial charge < -0.3 is 4.74 Å².